The van der Waals surface area contributed by atoms with Crippen molar-refractivity contribution in [2.75, 3.05) is 13.1 Å². The summed E-state index contributed by atoms with van der Waals surface area (Å²) in [6.07, 6.45) is 6.76. The first-order chi connectivity index (χ1) is 10.6. The summed E-state index contributed by atoms with van der Waals surface area (Å²) in [5, 5.41) is 7.37. The van der Waals surface area contributed by atoms with Crippen molar-refractivity contribution < 1.29 is 4.79 Å². The van der Waals surface area contributed by atoms with Gasteiger partial charge in [-0.1, -0.05) is 0 Å². The SMILES string of the molecule is Cc1cc([C@H]2CCCN(C(=O)C[C@H](C)n3cccc3)C2)n[nH]1. The highest BCUT2D eigenvalue weighted by Gasteiger charge is 2.26. The Morgan fingerprint density at radius 1 is 1.45 bits per heavy atom. The Morgan fingerprint density at radius 3 is 2.91 bits per heavy atom. The smallest absolute Gasteiger partial charge is 0.224 e. The average molecular weight is 300 g/mol. The second-order valence-corrected chi connectivity index (χ2v) is 6.34. The molecule has 0 bridgehead atoms. The Balaban J connectivity index is 1.60. The van der Waals surface area contributed by atoms with Crippen LogP contribution in [0.5, 0.6) is 0 Å². The highest BCUT2D eigenvalue weighted by molar-refractivity contribution is 5.76. The van der Waals surface area contributed by atoms with Gasteiger partial charge >= 0.3 is 0 Å². The Hall–Kier alpha value is -2.04. The van der Waals surface area contributed by atoms with Crippen molar-refractivity contribution in [1.82, 2.24) is 19.7 Å². The third-order valence-electron chi connectivity index (χ3n) is 4.52. The van der Waals surface area contributed by atoms with E-state index in [9.17, 15) is 4.79 Å². The molecular weight excluding hydrogens is 276 g/mol. The molecule has 2 aromatic rings. The molecule has 1 amide bonds. The second kappa shape index (κ2) is 6.38. The van der Waals surface area contributed by atoms with Gasteiger partial charge in [-0.2, -0.15) is 5.10 Å². The Kier molecular flexibility index (Phi) is 4.32. The molecule has 1 aliphatic rings. The standard InChI is InChI=1S/C17H24N4O/c1-13-10-16(19-18-13)15-6-5-9-21(12-15)17(22)11-14(2)20-7-3-4-8-20/h3-4,7-8,10,14-15H,5-6,9,11-12H2,1-2H3,(H,18,19)/t14-,15-/m0/s1. The second-order valence-electron chi connectivity index (χ2n) is 6.34. The summed E-state index contributed by atoms with van der Waals surface area (Å²) in [6, 6.07) is 6.30. The number of nitrogens with one attached hydrogen (secondary N) is 1. The summed E-state index contributed by atoms with van der Waals surface area (Å²) in [5.74, 6) is 0.614. The first-order valence-corrected chi connectivity index (χ1v) is 8.05. The fourth-order valence-corrected chi connectivity index (χ4v) is 3.22. The Bertz CT molecular complexity index is 616. The third kappa shape index (κ3) is 3.24. The van der Waals surface area contributed by atoms with Crippen LogP contribution in [0.3, 0.4) is 0 Å². The summed E-state index contributed by atoms with van der Waals surface area (Å²) >= 11 is 0. The lowest BCUT2D eigenvalue weighted by Crippen LogP contribution is -2.39. The monoisotopic (exact) mass is 300 g/mol. The summed E-state index contributed by atoms with van der Waals surface area (Å²) in [7, 11) is 0. The van der Waals surface area contributed by atoms with Gasteiger partial charge in [-0.3, -0.25) is 9.89 Å². The lowest BCUT2D eigenvalue weighted by molar-refractivity contribution is -0.133. The summed E-state index contributed by atoms with van der Waals surface area (Å²) in [4.78, 5) is 14.6. The van der Waals surface area contributed by atoms with E-state index < -0.39 is 0 Å². The van der Waals surface area contributed by atoms with Crippen LogP contribution >= 0.6 is 0 Å². The van der Waals surface area contributed by atoms with Crippen molar-refractivity contribution in [2.45, 2.75) is 45.1 Å². The number of aromatic nitrogens is 3. The summed E-state index contributed by atoms with van der Waals surface area (Å²) < 4.78 is 2.09. The fourth-order valence-electron chi connectivity index (χ4n) is 3.22. The van der Waals surface area contributed by atoms with Crippen LogP contribution in [-0.4, -0.2) is 38.7 Å². The maximum absolute atomic E-state index is 12.6. The van der Waals surface area contributed by atoms with Gasteiger partial charge in [0.15, 0.2) is 0 Å². The van der Waals surface area contributed by atoms with E-state index in [1.807, 2.05) is 36.4 Å². The molecule has 0 aromatic carbocycles. The van der Waals surface area contributed by atoms with E-state index in [1.165, 1.54) is 0 Å². The zero-order chi connectivity index (χ0) is 15.5. The first-order valence-electron chi connectivity index (χ1n) is 8.05. The lowest BCUT2D eigenvalue weighted by Gasteiger charge is -2.32. The summed E-state index contributed by atoms with van der Waals surface area (Å²) in [5.41, 5.74) is 2.17. The fraction of sp³-hybridized carbons (Fsp3) is 0.529. The van der Waals surface area contributed by atoms with Gasteiger partial charge in [0.05, 0.1) is 5.69 Å². The zero-order valence-electron chi connectivity index (χ0n) is 13.3. The highest BCUT2D eigenvalue weighted by Crippen LogP contribution is 2.27. The molecule has 3 rings (SSSR count). The van der Waals surface area contributed by atoms with Gasteiger partial charge in [0.1, 0.15) is 0 Å². The maximum atomic E-state index is 12.6. The van der Waals surface area contributed by atoms with E-state index in [2.05, 4.69) is 27.8 Å². The van der Waals surface area contributed by atoms with Gasteiger partial charge in [-0.25, -0.2) is 0 Å². The van der Waals surface area contributed by atoms with Gasteiger partial charge < -0.3 is 9.47 Å². The van der Waals surface area contributed by atoms with Crippen LogP contribution in [0.2, 0.25) is 0 Å². The van der Waals surface area contributed by atoms with E-state index in [1.54, 1.807) is 0 Å². The van der Waals surface area contributed by atoms with Gasteiger partial charge in [-0.05, 0) is 44.9 Å². The predicted molar refractivity (Wildman–Crippen MR) is 85.6 cm³/mol. The minimum Gasteiger partial charge on any atom is -0.351 e. The topological polar surface area (TPSA) is 53.9 Å². The Labute approximate surface area is 131 Å². The molecule has 1 N–H and O–H groups in total. The van der Waals surface area contributed by atoms with E-state index in [0.717, 1.165) is 37.3 Å². The van der Waals surface area contributed by atoms with Crippen molar-refractivity contribution in [3.05, 3.63) is 42.0 Å². The summed E-state index contributed by atoms with van der Waals surface area (Å²) in [6.45, 7) is 5.77. The highest BCUT2D eigenvalue weighted by atomic mass is 16.2. The Morgan fingerprint density at radius 2 is 2.23 bits per heavy atom. The molecule has 2 aromatic heterocycles. The van der Waals surface area contributed by atoms with Crippen LogP contribution in [0.1, 0.15) is 49.5 Å². The van der Waals surface area contributed by atoms with Crippen molar-refractivity contribution >= 4 is 5.91 Å². The number of aryl methyl sites for hydroxylation is 1. The quantitative estimate of drug-likeness (QED) is 0.944. The zero-order valence-corrected chi connectivity index (χ0v) is 13.3. The molecule has 1 aliphatic heterocycles. The third-order valence-corrected chi connectivity index (χ3v) is 4.52. The van der Waals surface area contributed by atoms with Crippen LogP contribution in [0.4, 0.5) is 0 Å². The van der Waals surface area contributed by atoms with E-state index in [-0.39, 0.29) is 11.9 Å². The molecule has 22 heavy (non-hydrogen) atoms. The normalized spacial score (nSPS) is 20.1. The molecule has 2 atom stereocenters. The number of H-pyrrole nitrogens is 1. The molecule has 3 heterocycles. The minimum absolute atomic E-state index is 0.204. The van der Waals surface area contributed by atoms with Crippen molar-refractivity contribution in [3.63, 3.8) is 0 Å². The van der Waals surface area contributed by atoms with Gasteiger partial charge in [0.2, 0.25) is 5.91 Å². The van der Waals surface area contributed by atoms with Crippen LogP contribution in [0.25, 0.3) is 0 Å². The van der Waals surface area contributed by atoms with Gasteiger partial charge in [0.25, 0.3) is 0 Å². The van der Waals surface area contributed by atoms with Crippen molar-refractivity contribution in [1.29, 1.82) is 0 Å². The number of carbonyl (C=O) groups excluding carboxylic acids is 1. The van der Waals surface area contributed by atoms with Crippen LogP contribution in [-0.2, 0) is 4.79 Å². The van der Waals surface area contributed by atoms with Crippen LogP contribution in [0, 0.1) is 6.92 Å². The van der Waals surface area contributed by atoms with Crippen LogP contribution in [0.15, 0.2) is 30.6 Å². The lowest BCUT2D eigenvalue weighted by atomic mass is 9.94. The molecule has 5 heteroatoms. The molecule has 5 nitrogen and oxygen atoms in total. The van der Waals surface area contributed by atoms with E-state index in [4.69, 9.17) is 0 Å². The molecule has 0 unspecified atom stereocenters. The van der Waals surface area contributed by atoms with E-state index >= 15 is 0 Å². The number of carbonyl (C=O) groups is 1. The number of aromatic amines is 1. The van der Waals surface area contributed by atoms with Crippen molar-refractivity contribution in [3.8, 4) is 0 Å². The molecule has 0 aliphatic carbocycles. The van der Waals surface area contributed by atoms with E-state index in [0.29, 0.717) is 12.3 Å². The number of rotatable bonds is 4. The van der Waals surface area contributed by atoms with Crippen LogP contribution < -0.4 is 0 Å². The molecule has 0 radical (unpaired) electrons. The number of piperidine rings is 1. The largest absolute Gasteiger partial charge is 0.351 e. The van der Waals surface area contributed by atoms with Gasteiger partial charge in [-0.15, -0.1) is 0 Å². The first kappa shape index (κ1) is 14.9. The molecule has 0 saturated carbocycles. The van der Waals surface area contributed by atoms with Crippen molar-refractivity contribution in [2.24, 2.45) is 0 Å². The molecular formula is C17H24N4O. The minimum atomic E-state index is 0.204. The molecule has 1 fully saturated rings. The number of nitrogens with zero attached hydrogens (tertiary/aromatic N) is 3. The number of amides is 1. The molecule has 0 spiro atoms. The average Bonchev–Trinajstić information content (AvgIpc) is 3.18. The number of hydrogen-bond acceptors (Lipinski definition) is 2. The number of hydrogen-bond donors (Lipinski definition) is 1. The predicted octanol–water partition coefficient (Wildman–Crippen LogP) is 2.88. The number of likely N-dealkylation sites (tertiary alicyclic amines) is 1. The molecule has 1 saturated heterocycles. The van der Waals surface area contributed by atoms with Gasteiger partial charge in [0, 0.05) is 49.6 Å². The maximum Gasteiger partial charge on any atom is 0.224 e. The molecule has 118 valence electrons.